The first kappa shape index (κ1) is 22.6. The molecule has 6 nitrogen and oxygen atoms in total. The van der Waals surface area contributed by atoms with E-state index in [9.17, 15) is 9.59 Å². The summed E-state index contributed by atoms with van der Waals surface area (Å²) in [7, 11) is 0. The van der Waals surface area contributed by atoms with E-state index >= 15 is 0 Å². The number of para-hydroxylation sites is 1. The molecule has 0 bridgehead atoms. The van der Waals surface area contributed by atoms with Crippen molar-refractivity contribution in [3.05, 3.63) is 30.3 Å². The molecule has 0 aromatic heterocycles. The number of benzene rings is 1. The fourth-order valence-electron chi connectivity index (χ4n) is 4.54. The van der Waals surface area contributed by atoms with Crippen molar-refractivity contribution in [2.75, 3.05) is 38.0 Å². The van der Waals surface area contributed by atoms with Crippen LogP contribution in [0.25, 0.3) is 0 Å². The van der Waals surface area contributed by atoms with Crippen LogP contribution in [0.5, 0.6) is 0 Å². The van der Waals surface area contributed by atoms with Gasteiger partial charge in [0, 0.05) is 37.8 Å². The number of anilines is 1. The lowest BCUT2D eigenvalue weighted by Gasteiger charge is -2.32. The molecular weight excluding hydrogens is 376 g/mol. The van der Waals surface area contributed by atoms with Crippen LogP contribution in [0.3, 0.4) is 0 Å². The molecule has 30 heavy (non-hydrogen) atoms. The molecule has 3 rings (SSSR count). The number of amides is 3. The van der Waals surface area contributed by atoms with Crippen molar-refractivity contribution in [2.24, 2.45) is 5.92 Å². The summed E-state index contributed by atoms with van der Waals surface area (Å²) in [5, 5.41) is 6.06. The molecule has 2 N–H and O–H groups in total. The molecule has 0 radical (unpaired) electrons. The zero-order valence-electron chi connectivity index (χ0n) is 18.4. The number of hydrogen-bond donors (Lipinski definition) is 2. The first-order valence-corrected chi connectivity index (χ1v) is 11.7. The maximum Gasteiger partial charge on any atom is 0.321 e. The predicted octanol–water partition coefficient (Wildman–Crippen LogP) is 4.09. The number of likely N-dealkylation sites (tertiary alicyclic amines) is 2. The van der Waals surface area contributed by atoms with E-state index in [1.165, 1.54) is 38.8 Å². The van der Waals surface area contributed by atoms with Crippen LogP contribution in [-0.2, 0) is 4.79 Å². The van der Waals surface area contributed by atoms with E-state index in [4.69, 9.17) is 0 Å². The van der Waals surface area contributed by atoms with E-state index in [-0.39, 0.29) is 11.9 Å². The van der Waals surface area contributed by atoms with Gasteiger partial charge in [-0.25, -0.2) is 4.79 Å². The molecule has 2 fully saturated rings. The summed E-state index contributed by atoms with van der Waals surface area (Å²) in [5.41, 5.74) is 0.818. The number of carbonyl (C=O) groups is 2. The van der Waals surface area contributed by atoms with Gasteiger partial charge in [-0.3, -0.25) is 4.79 Å². The van der Waals surface area contributed by atoms with E-state index in [2.05, 4.69) is 22.5 Å². The lowest BCUT2D eigenvalue weighted by atomic mass is 9.93. The molecule has 2 saturated heterocycles. The van der Waals surface area contributed by atoms with Gasteiger partial charge in [0.25, 0.3) is 0 Å². The summed E-state index contributed by atoms with van der Waals surface area (Å²) in [4.78, 5) is 29.2. The zero-order valence-corrected chi connectivity index (χ0v) is 18.4. The number of urea groups is 1. The number of rotatable bonds is 7. The van der Waals surface area contributed by atoms with Crippen molar-refractivity contribution in [3.8, 4) is 0 Å². The summed E-state index contributed by atoms with van der Waals surface area (Å²) >= 11 is 0. The summed E-state index contributed by atoms with van der Waals surface area (Å²) in [6, 6.07) is 10.0. The normalized spacial score (nSPS) is 19.7. The first-order chi connectivity index (χ1) is 14.6. The molecule has 2 heterocycles. The predicted molar refractivity (Wildman–Crippen MR) is 122 cm³/mol. The maximum absolute atomic E-state index is 12.4. The molecular formula is C24H38N4O2. The zero-order chi connectivity index (χ0) is 21.2. The van der Waals surface area contributed by atoms with E-state index in [1.54, 1.807) is 0 Å². The van der Waals surface area contributed by atoms with Crippen molar-refractivity contribution in [2.45, 2.75) is 64.3 Å². The molecule has 1 unspecified atom stereocenters. The Labute approximate surface area is 181 Å². The highest BCUT2D eigenvalue weighted by molar-refractivity contribution is 5.89. The van der Waals surface area contributed by atoms with Crippen molar-refractivity contribution >= 4 is 17.6 Å². The van der Waals surface area contributed by atoms with Crippen LogP contribution >= 0.6 is 0 Å². The molecule has 0 saturated carbocycles. The van der Waals surface area contributed by atoms with E-state index in [1.807, 2.05) is 35.2 Å². The lowest BCUT2D eigenvalue weighted by molar-refractivity contribution is -0.122. The van der Waals surface area contributed by atoms with E-state index < -0.39 is 0 Å². The van der Waals surface area contributed by atoms with Gasteiger partial charge in [0.1, 0.15) is 0 Å². The van der Waals surface area contributed by atoms with Crippen LogP contribution in [0.2, 0.25) is 0 Å². The van der Waals surface area contributed by atoms with Gasteiger partial charge in [-0.15, -0.1) is 0 Å². The maximum atomic E-state index is 12.4. The van der Waals surface area contributed by atoms with Crippen LogP contribution in [0, 0.1) is 5.92 Å². The van der Waals surface area contributed by atoms with Crippen molar-refractivity contribution < 1.29 is 9.59 Å². The molecule has 0 spiro atoms. The van der Waals surface area contributed by atoms with E-state index in [0.717, 1.165) is 31.5 Å². The van der Waals surface area contributed by atoms with Crippen LogP contribution in [0.4, 0.5) is 10.5 Å². The number of hydrogen-bond acceptors (Lipinski definition) is 3. The lowest BCUT2D eigenvalue weighted by Crippen LogP contribution is -2.42. The van der Waals surface area contributed by atoms with Crippen molar-refractivity contribution in [1.82, 2.24) is 15.1 Å². The standard InChI is InChI=1S/C24H38N4O2/c1-20(27-15-7-2-3-8-16-27)11-14-25-23(29)19-21-12-17-28(18-13-21)24(30)26-22-9-5-4-6-10-22/h4-6,9-10,20-21H,2-3,7-8,11-19H2,1H3,(H,25,29)(H,26,30). The van der Waals surface area contributed by atoms with Crippen molar-refractivity contribution in [1.29, 1.82) is 0 Å². The van der Waals surface area contributed by atoms with Crippen LogP contribution < -0.4 is 10.6 Å². The highest BCUT2D eigenvalue weighted by Gasteiger charge is 2.24. The third kappa shape index (κ3) is 7.31. The fourth-order valence-corrected chi connectivity index (χ4v) is 4.54. The Hall–Kier alpha value is -2.08. The van der Waals surface area contributed by atoms with Gasteiger partial charge in [0.15, 0.2) is 0 Å². The Bertz CT molecular complexity index is 650. The van der Waals surface area contributed by atoms with Gasteiger partial charge >= 0.3 is 6.03 Å². The smallest absolute Gasteiger partial charge is 0.321 e. The molecule has 0 aliphatic carbocycles. The summed E-state index contributed by atoms with van der Waals surface area (Å²) in [6.07, 6.45) is 8.69. The Morgan fingerprint density at radius 2 is 1.67 bits per heavy atom. The quantitative estimate of drug-likeness (QED) is 0.706. The minimum atomic E-state index is -0.0494. The second kappa shape index (κ2) is 11.9. The van der Waals surface area contributed by atoms with Crippen LogP contribution in [0.1, 0.15) is 58.3 Å². The molecule has 3 amide bonds. The van der Waals surface area contributed by atoms with Gasteiger partial charge in [0.05, 0.1) is 0 Å². The third-order valence-corrected chi connectivity index (χ3v) is 6.55. The van der Waals surface area contributed by atoms with Gasteiger partial charge in [0.2, 0.25) is 5.91 Å². The fraction of sp³-hybridized carbons (Fsp3) is 0.667. The second-order valence-corrected chi connectivity index (χ2v) is 8.87. The Kier molecular flexibility index (Phi) is 9.00. The first-order valence-electron chi connectivity index (χ1n) is 11.7. The number of nitrogens with zero attached hydrogens (tertiary/aromatic N) is 2. The summed E-state index contributed by atoms with van der Waals surface area (Å²) in [5.74, 6) is 0.527. The SMILES string of the molecule is CC(CCNC(=O)CC1CCN(C(=O)Nc2ccccc2)CC1)N1CCCCCC1. The Balaban J connectivity index is 1.29. The van der Waals surface area contributed by atoms with Crippen LogP contribution in [-0.4, -0.2) is 60.5 Å². The van der Waals surface area contributed by atoms with Gasteiger partial charge < -0.3 is 20.4 Å². The molecule has 1 atom stereocenters. The summed E-state index contributed by atoms with van der Waals surface area (Å²) in [6.45, 7) is 6.87. The second-order valence-electron chi connectivity index (χ2n) is 8.87. The molecule has 2 aliphatic heterocycles. The molecule has 2 aliphatic rings. The molecule has 166 valence electrons. The molecule has 6 heteroatoms. The minimum absolute atomic E-state index is 0.0494. The highest BCUT2D eigenvalue weighted by atomic mass is 16.2. The molecule has 1 aromatic carbocycles. The van der Waals surface area contributed by atoms with Gasteiger partial charge in [-0.05, 0) is 70.2 Å². The monoisotopic (exact) mass is 414 g/mol. The molecule has 1 aromatic rings. The number of nitrogens with one attached hydrogen (secondary N) is 2. The summed E-state index contributed by atoms with van der Waals surface area (Å²) < 4.78 is 0. The Morgan fingerprint density at radius 1 is 1.00 bits per heavy atom. The van der Waals surface area contributed by atoms with Gasteiger partial charge in [-0.2, -0.15) is 0 Å². The third-order valence-electron chi connectivity index (χ3n) is 6.55. The topological polar surface area (TPSA) is 64.7 Å². The van der Waals surface area contributed by atoms with E-state index in [0.29, 0.717) is 31.5 Å². The number of carbonyl (C=O) groups excluding carboxylic acids is 2. The largest absolute Gasteiger partial charge is 0.356 e. The minimum Gasteiger partial charge on any atom is -0.356 e. The average molecular weight is 415 g/mol. The number of piperidine rings is 1. The van der Waals surface area contributed by atoms with Crippen molar-refractivity contribution in [3.63, 3.8) is 0 Å². The average Bonchev–Trinajstić information content (AvgIpc) is 3.04. The Morgan fingerprint density at radius 3 is 2.33 bits per heavy atom. The highest BCUT2D eigenvalue weighted by Crippen LogP contribution is 2.21. The van der Waals surface area contributed by atoms with Gasteiger partial charge in [-0.1, -0.05) is 31.0 Å². The van der Waals surface area contributed by atoms with Crippen LogP contribution in [0.15, 0.2) is 30.3 Å².